The SMILES string of the molecule is CCN(CCNCc1ccc(Br)s1)C(C)C.Cl. The Labute approximate surface area is 123 Å². The maximum Gasteiger partial charge on any atom is 0.0701 e. The molecular formula is C12H22BrClN2S. The van der Waals surface area contributed by atoms with E-state index in [1.54, 1.807) is 11.3 Å². The minimum absolute atomic E-state index is 0. The summed E-state index contributed by atoms with van der Waals surface area (Å²) < 4.78 is 1.21. The molecule has 0 aromatic carbocycles. The first kappa shape index (κ1) is 17.4. The summed E-state index contributed by atoms with van der Waals surface area (Å²) in [5, 5.41) is 3.48. The molecular weight excluding hydrogens is 320 g/mol. The van der Waals surface area contributed by atoms with E-state index < -0.39 is 0 Å². The summed E-state index contributed by atoms with van der Waals surface area (Å²) in [5.41, 5.74) is 0. The van der Waals surface area contributed by atoms with Gasteiger partial charge >= 0.3 is 0 Å². The van der Waals surface area contributed by atoms with Crippen LogP contribution >= 0.6 is 39.7 Å². The van der Waals surface area contributed by atoms with E-state index in [-0.39, 0.29) is 12.4 Å². The Balaban J connectivity index is 0.00000256. The zero-order chi connectivity index (χ0) is 12.0. The second-order valence-corrected chi connectivity index (χ2v) is 6.65. The van der Waals surface area contributed by atoms with Crippen LogP contribution in [0.4, 0.5) is 0 Å². The first-order valence-electron chi connectivity index (χ1n) is 5.82. The number of rotatable bonds is 7. The van der Waals surface area contributed by atoms with Crippen molar-refractivity contribution in [1.82, 2.24) is 10.2 Å². The number of likely N-dealkylation sites (N-methyl/N-ethyl adjacent to an activating group) is 1. The van der Waals surface area contributed by atoms with Gasteiger partial charge in [-0.15, -0.1) is 23.7 Å². The van der Waals surface area contributed by atoms with E-state index >= 15 is 0 Å². The van der Waals surface area contributed by atoms with Gasteiger partial charge in [0.2, 0.25) is 0 Å². The zero-order valence-corrected chi connectivity index (χ0v) is 13.9. The fourth-order valence-corrected chi connectivity index (χ4v) is 3.12. The third-order valence-electron chi connectivity index (χ3n) is 2.64. The smallest absolute Gasteiger partial charge is 0.0701 e. The Morgan fingerprint density at radius 1 is 1.41 bits per heavy atom. The number of hydrogen-bond donors (Lipinski definition) is 1. The van der Waals surface area contributed by atoms with Crippen LogP contribution in [0.1, 0.15) is 25.6 Å². The van der Waals surface area contributed by atoms with Crippen LogP contribution in [0.2, 0.25) is 0 Å². The molecule has 0 amide bonds. The van der Waals surface area contributed by atoms with Crippen LogP contribution in [0.5, 0.6) is 0 Å². The molecule has 100 valence electrons. The molecule has 1 rings (SSSR count). The maximum atomic E-state index is 3.48. The summed E-state index contributed by atoms with van der Waals surface area (Å²) in [4.78, 5) is 3.86. The Hall–Kier alpha value is 0.390. The van der Waals surface area contributed by atoms with Crippen molar-refractivity contribution in [2.75, 3.05) is 19.6 Å². The highest BCUT2D eigenvalue weighted by Gasteiger charge is 2.05. The molecule has 5 heteroatoms. The van der Waals surface area contributed by atoms with Crippen LogP contribution in [0.3, 0.4) is 0 Å². The van der Waals surface area contributed by atoms with E-state index in [9.17, 15) is 0 Å². The van der Waals surface area contributed by atoms with E-state index in [4.69, 9.17) is 0 Å². The highest BCUT2D eigenvalue weighted by Crippen LogP contribution is 2.21. The van der Waals surface area contributed by atoms with Gasteiger partial charge < -0.3 is 5.32 Å². The van der Waals surface area contributed by atoms with Crippen LogP contribution in [-0.2, 0) is 6.54 Å². The molecule has 0 atom stereocenters. The molecule has 0 radical (unpaired) electrons. The molecule has 0 aliphatic carbocycles. The summed E-state index contributed by atoms with van der Waals surface area (Å²) in [5.74, 6) is 0. The highest BCUT2D eigenvalue weighted by molar-refractivity contribution is 9.11. The van der Waals surface area contributed by atoms with Crippen molar-refractivity contribution >= 4 is 39.7 Å². The molecule has 0 fully saturated rings. The van der Waals surface area contributed by atoms with Crippen LogP contribution in [0, 0.1) is 0 Å². The predicted molar refractivity (Wildman–Crippen MR) is 83.4 cm³/mol. The molecule has 1 aromatic rings. The van der Waals surface area contributed by atoms with Crippen LogP contribution in [0.25, 0.3) is 0 Å². The van der Waals surface area contributed by atoms with Crippen molar-refractivity contribution < 1.29 is 0 Å². The van der Waals surface area contributed by atoms with Crippen molar-refractivity contribution in [2.45, 2.75) is 33.4 Å². The number of thiophene rings is 1. The number of hydrogen-bond acceptors (Lipinski definition) is 3. The van der Waals surface area contributed by atoms with Gasteiger partial charge in [-0.1, -0.05) is 6.92 Å². The quantitative estimate of drug-likeness (QED) is 0.760. The largest absolute Gasteiger partial charge is 0.311 e. The van der Waals surface area contributed by atoms with E-state index in [2.05, 4.69) is 59.1 Å². The van der Waals surface area contributed by atoms with Gasteiger partial charge in [-0.05, 0) is 48.5 Å². The number of nitrogens with zero attached hydrogens (tertiary/aromatic N) is 1. The van der Waals surface area contributed by atoms with Gasteiger partial charge in [-0.25, -0.2) is 0 Å². The third-order valence-corrected chi connectivity index (χ3v) is 4.26. The lowest BCUT2D eigenvalue weighted by Gasteiger charge is -2.24. The van der Waals surface area contributed by atoms with Gasteiger partial charge in [0.15, 0.2) is 0 Å². The lowest BCUT2D eigenvalue weighted by Crippen LogP contribution is -2.36. The normalized spacial score (nSPS) is 10.9. The summed E-state index contributed by atoms with van der Waals surface area (Å²) in [6.07, 6.45) is 0. The van der Waals surface area contributed by atoms with Crippen LogP contribution < -0.4 is 5.32 Å². The Kier molecular flexibility index (Phi) is 9.55. The molecule has 1 aromatic heterocycles. The van der Waals surface area contributed by atoms with Crippen molar-refractivity contribution in [3.63, 3.8) is 0 Å². The molecule has 0 saturated carbocycles. The average Bonchev–Trinajstić information content (AvgIpc) is 2.64. The fourth-order valence-electron chi connectivity index (χ4n) is 1.66. The fraction of sp³-hybridized carbons (Fsp3) is 0.667. The van der Waals surface area contributed by atoms with E-state index in [1.165, 1.54) is 8.66 Å². The molecule has 0 unspecified atom stereocenters. The second-order valence-electron chi connectivity index (χ2n) is 4.10. The van der Waals surface area contributed by atoms with E-state index in [1.807, 2.05) is 0 Å². The topological polar surface area (TPSA) is 15.3 Å². The van der Waals surface area contributed by atoms with Gasteiger partial charge in [-0.2, -0.15) is 0 Å². The molecule has 17 heavy (non-hydrogen) atoms. The van der Waals surface area contributed by atoms with Crippen LogP contribution in [0.15, 0.2) is 15.9 Å². The molecule has 0 saturated heterocycles. The zero-order valence-electron chi connectivity index (χ0n) is 10.7. The lowest BCUT2D eigenvalue weighted by atomic mass is 10.3. The standard InChI is InChI=1S/C12H21BrN2S.ClH/c1-4-15(10(2)3)8-7-14-9-11-5-6-12(13)16-11;/h5-6,10,14H,4,7-9H2,1-3H3;1H. The molecule has 1 heterocycles. The van der Waals surface area contributed by atoms with Gasteiger partial charge in [-0.3, -0.25) is 4.90 Å². The van der Waals surface area contributed by atoms with Crippen molar-refractivity contribution in [3.8, 4) is 0 Å². The third kappa shape index (κ3) is 6.77. The number of nitrogens with one attached hydrogen (secondary N) is 1. The molecule has 0 bridgehead atoms. The van der Waals surface area contributed by atoms with Gasteiger partial charge in [0, 0.05) is 30.6 Å². The Morgan fingerprint density at radius 2 is 2.12 bits per heavy atom. The minimum atomic E-state index is 0. The Bertz CT molecular complexity index is 304. The molecule has 0 aliphatic rings. The van der Waals surface area contributed by atoms with Crippen molar-refractivity contribution in [2.24, 2.45) is 0 Å². The van der Waals surface area contributed by atoms with Gasteiger partial charge in [0.25, 0.3) is 0 Å². The van der Waals surface area contributed by atoms with E-state index in [0.717, 1.165) is 26.2 Å². The molecule has 1 N–H and O–H groups in total. The lowest BCUT2D eigenvalue weighted by molar-refractivity contribution is 0.234. The average molecular weight is 342 g/mol. The summed E-state index contributed by atoms with van der Waals surface area (Å²) in [6, 6.07) is 4.92. The minimum Gasteiger partial charge on any atom is -0.311 e. The Morgan fingerprint density at radius 3 is 2.59 bits per heavy atom. The van der Waals surface area contributed by atoms with Crippen molar-refractivity contribution in [1.29, 1.82) is 0 Å². The maximum absolute atomic E-state index is 3.48. The first-order valence-corrected chi connectivity index (χ1v) is 7.43. The summed E-state index contributed by atoms with van der Waals surface area (Å²) in [6.45, 7) is 11.0. The molecule has 2 nitrogen and oxygen atoms in total. The summed E-state index contributed by atoms with van der Waals surface area (Å²) >= 11 is 5.28. The number of halogens is 2. The second kappa shape index (κ2) is 9.34. The molecule has 0 spiro atoms. The van der Waals surface area contributed by atoms with Crippen molar-refractivity contribution in [3.05, 3.63) is 20.8 Å². The van der Waals surface area contributed by atoms with Gasteiger partial charge in [0.05, 0.1) is 3.79 Å². The van der Waals surface area contributed by atoms with Crippen LogP contribution in [-0.4, -0.2) is 30.6 Å². The summed E-state index contributed by atoms with van der Waals surface area (Å²) in [7, 11) is 0. The monoisotopic (exact) mass is 340 g/mol. The predicted octanol–water partition coefficient (Wildman–Crippen LogP) is 3.75. The highest BCUT2D eigenvalue weighted by atomic mass is 79.9. The van der Waals surface area contributed by atoms with Gasteiger partial charge in [0.1, 0.15) is 0 Å². The molecule has 0 aliphatic heterocycles. The first-order chi connectivity index (χ1) is 7.63. The van der Waals surface area contributed by atoms with E-state index in [0.29, 0.717) is 6.04 Å².